The number of halogens is 2. The topological polar surface area (TPSA) is 70.3 Å². The number of carbonyl (C=O) groups is 1. The predicted octanol–water partition coefficient (Wildman–Crippen LogP) is 4.47. The van der Waals surface area contributed by atoms with Crippen LogP contribution in [0.5, 0.6) is 0 Å². The van der Waals surface area contributed by atoms with Crippen LogP contribution >= 0.6 is 34.5 Å². The van der Waals surface area contributed by atoms with E-state index in [1.165, 1.54) is 10.6 Å². The molecule has 0 unspecified atom stereocenters. The Morgan fingerprint density at radius 3 is 2.45 bits per heavy atom. The second-order valence-electron chi connectivity index (χ2n) is 6.87. The van der Waals surface area contributed by atoms with Gasteiger partial charge >= 0.3 is 11.7 Å². The first-order chi connectivity index (χ1) is 14.8. The minimum atomic E-state index is -0.589. The zero-order valence-electron chi connectivity index (χ0n) is 16.3. The summed E-state index contributed by atoms with van der Waals surface area (Å²) in [6, 6.07) is 15.7. The Hall–Kier alpha value is -2.87. The van der Waals surface area contributed by atoms with E-state index in [-0.39, 0.29) is 18.0 Å². The summed E-state index contributed by atoms with van der Waals surface area (Å²) in [4.78, 5) is 38.9. The molecule has 2 heterocycles. The van der Waals surface area contributed by atoms with Gasteiger partial charge in [0.25, 0.3) is 5.56 Å². The van der Waals surface area contributed by atoms with Crippen LogP contribution in [0.2, 0.25) is 10.0 Å². The molecule has 4 rings (SSSR count). The van der Waals surface area contributed by atoms with Crippen molar-refractivity contribution in [3.63, 3.8) is 0 Å². The molecular formula is C22H16Cl2N2O4S. The molecule has 0 spiro atoms. The summed E-state index contributed by atoms with van der Waals surface area (Å²) in [5, 5.41) is 1.07. The SMILES string of the molecule is Cn1c(=O)n(Cc2ccccc2)c(=O)c2cc(C(=O)OCc3ccc(Cl)c(Cl)c3)sc21. The van der Waals surface area contributed by atoms with Crippen LogP contribution in [-0.2, 0) is 24.9 Å². The maximum absolute atomic E-state index is 13.0. The first-order valence-electron chi connectivity index (χ1n) is 9.23. The van der Waals surface area contributed by atoms with Crippen LogP contribution in [0.15, 0.2) is 64.2 Å². The van der Waals surface area contributed by atoms with E-state index in [9.17, 15) is 14.4 Å². The lowest BCUT2D eigenvalue weighted by molar-refractivity contribution is 0.0478. The average molecular weight is 475 g/mol. The molecule has 0 radical (unpaired) electrons. The summed E-state index contributed by atoms with van der Waals surface area (Å²) in [6.45, 7) is 0.149. The van der Waals surface area contributed by atoms with Crippen LogP contribution in [0.4, 0.5) is 0 Å². The number of nitrogens with zero attached hydrogens (tertiary/aromatic N) is 2. The van der Waals surface area contributed by atoms with Crippen molar-refractivity contribution in [2.45, 2.75) is 13.2 Å². The first kappa shape index (κ1) is 21.4. The van der Waals surface area contributed by atoms with E-state index < -0.39 is 17.2 Å². The number of hydrogen-bond acceptors (Lipinski definition) is 5. The lowest BCUT2D eigenvalue weighted by Crippen LogP contribution is -2.38. The van der Waals surface area contributed by atoms with Crippen LogP contribution in [0.3, 0.4) is 0 Å². The van der Waals surface area contributed by atoms with Gasteiger partial charge in [-0.1, -0.05) is 59.6 Å². The monoisotopic (exact) mass is 474 g/mol. The number of thiophene rings is 1. The number of hydrogen-bond donors (Lipinski definition) is 0. The number of fused-ring (bicyclic) bond motifs is 1. The van der Waals surface area contributed by atoms with Crippen LogP contribution < -0.4 is 11.2 Å². The van der Waals surface area contributed by atoms with Crippen molar-refractivity contribution in [1.82, 2.24) is 9.13 Å². The highest BCUT2D eigenvalue weighted by Gasteiger charge is 2.19. The van der Waals surface area contributed by atoms with Crippen LogP contribution in [0.25, 0.3) is 10.2 Å². The molecule has 0 amide bonds. The van der Waals surface area contributed by atoms with E-state index >= 15 is 0 Å². The lowest BCUT2D eigenvalue weighted by Gasteiger charge is -2.08. The van der Waals surface area contributed by atoms with Crippen LogP contribution in [0.1, 0.15) is 20.8 Å². The predicted molar refractivity (Wildman–Crippen MR) is 122 cm³/mol. The van der Waals surface area contributed by atoms with E-state index in [0.29, 0.717) is 25.8 Å². The quantitative estimate of drug-likeness (QED) is 0.400. The summed E-state index contributed by atoms with van der Waals surface area (Å²) < 4.78 is 7.88. The molecule has 9 heteroatoms. The number of aryl methyl sites for hydroxylation is 1. The summed E-state index contributed by atoms with van der Waals surface area (Å²) >= 11 is 12.9. The molecule has 0 saturated carbocycles. The van der Waals surface area contributed by atoms with Gasteiger partial charge in [0.2, 0.25) is 0 Å². The summed E-state index contributed by atoms with van der Waals surface area (Å²) in [5.41, 5.74) is 0.625. The van der Waals surface area contributed by atoms with Crippen molar-refractivity contribution in [2.75, 3.05) is 0 Å². The molecule has 0 fully saturated rings. The van der Waals surface area contributed by atoms with Gasteiger partial charge in [0.05, 0.1) is 22.0 Å². The molecule has 0 aliphatic carbocycles. The number of rotatable bonds is 5. The molecule has 2 aromatic carbocycles. The van der Waals surface area contributed by atoms with Crippen LogP contribution in [0, 0.1) is 0 Å². The van der Waals surface area contributed by atoms with Gasteiger partial charge in [-0.3, -0.25) is 13.9 Å². The minimum Gasteiger partial charge on any atom is -0.457 e. The second kappa shape index (κ2) is 8.70. The number of aromatic nitrogens is 2. The van der Waals surface area contributed by atoms with Crippen molar-refractivity contribution >= 4 is 50.7 Å². The normalized spacial score (nSPS) is 11.1. The Kier molecular flexibility index (Phi) is 6.00. The number of carbonyl (C=O) groups excluding carboxylic acids is 1. The maximum atomic E-state index is 13.0. The van der Waals surface area contributed by atoms with E-state index in [1.54, 1.807) is 25.2 Å². The molecule has 0 atom stereocenters. The molecule has 0 bridgehead atoms. The number of ether oxygens (including phenoxy) is 1. The lowest BCUT2D eigenvalue weighted by atomic mass is 10.2. The molecule has 31 heavy (non-hydrogen) atoms. The Morgan fingerprint density at radius 1 is 1.00 bits per heavy atom. The van der Waals surface area contributed by atoms with E-state index in [4.69, 9.17) is 27.9 Å². The Labute approximate surface area is 190 Å². The second-order valence-corrected chi connectivity index (χ2v) is 8.72. The zero-order valence-corrected chi connectivity index (χ0v) is 18.6. The van der Waals surface area contributed by atoms with Gasteiger partial charge in [-0.25, -0.2) is 9.59 Å². The first-order valence-corrected chi connectivity index (χ1v) is 10.8. The molecular weight excluding hydrogens is 459 g/mol. The van der Waals surface area contributed by atoms with Gasteiger partial charge in [0, 0.05) is 7.05 Å². The third-order valence-electron chi connectivity index (χ3n) is 4.75. The van der Waals surface area contributed by atoms with Crippen molar-refractivity contribution < 1.29 is 9.53 Å². The highest BCUT2D eigenvalue weighted by molar-refractivity contribution is 7.20. The number of esters is 1. The molecule has 2 aromatic heterocycles. The molecule has 4 aromatic rings. The van der Waals surface area contributed by atoms with Crippen molar-refractivity contribution in [3.8, 4) is 0 Å². The zero-order chi connectivity index (χ0) is 22.1. The average Bonchev–Trinajstić information content (AvgIpc) is 3.22. The maximum Gasteiger partial charge on any atom is 0.348 e. The van der Waals surface area contributed by atoms with Crippen LogP contribution in [-0.4, -0.2) is 15.1 Å². The molecule has 0 aliphatic heterocycles. The summed E-state index contributed by atoms with van der Waals surface area (Å²) in [6.07, 6.45) is 0. The van der Waals surface area contributed by atoms with Gasteiger partial charge in [-0.15, -0.1) is 11.3 Å². The van der Waals surface area contributed by atoms with E-state index in [1.807, 2.05) is 30.3 Å². The smallest absolute Gasteiger partial charge is 0.348 e. The molecule has 0 N–H and O–H groups in total. The minimum absolute atomic E-state index is 0.00113. The Morgan fingerprint density at radius 2 is 1.74 bits per heavy atom. The van der Waals surface area contributed by atoms with Gasteiger partial charge in [-0.05, 0) is 29.3 Å². The van der Waals surface area contributed by atoms with Crippen molar-refractivity contribution in [2.24, 2.45) is 7.05 Å². The molecule has 0 saturated heterocycles. The van der Waals surface area contributed by atoms with Gasteiger partial charge in [-0.2, -0.15) is 0 Å². The Balaban J connectivity index is 1.64. The van der Waals surface area contributed by atoms with E-state index in [0.717, 1.165) is 21.5 Å². The number of benzene rings is 2. The van der Waals surface area contributed by atoms with Crippen molar-refractivity contribution in [1.29, 1.82) is 0 Å². The molecule has 0 aliphatic rings. The Bertz CT molecular complexity index is 1410. The third-order valence-corrected chi connectivity index (χ3v) is 6.68. The molecule has 158 valence electrons. The van der Waals surface area contributed by atoms with Gasteiger partial charge in [0.1, 0.15) is 16.3 Å². The third kappa shape index (κ3) is 4.30. The highest BCUT2D eigenvalue weighted by Crippen LogP contribution is 2.25. The summed E-state index contributed by atoms with van der Waals surface area (Å²) in [5.74, 6) is -0.589. The van der Waals surface area contributed by atoms with E-state index in [2.05, 4.69) is 0 Å². The fraction of sp³-hybridized carbons (Fsp3) is 0.136. The standard InChI is InChI=1S/C22H16Cl2N2O4S/c1-25-20-15(19(27)26(22(25)29)11-13-5-3-2-4-6-13)10-18(31-20)21(28)30-12-14-7-8-16(23)17(24)9-14/h2-10H,11-12H2,1H3. The fourth-order valence-corrected chi connectivity index (χ4v) is 4.46. The van der Waals surface area contributed by atoms with Gasteiger partial charge in [0.15, 0.2) is 0 Å². The molecule has 6 nitrogen and oxygen atoms in total. The highest BCUT2D eigenvalue weighted by atomic mass is 35.5. The largest absolute Gasteiger partial charge is 0.457 e. The summed E-state index contributed by atoms with van der Waals surface area (Å²) in [7, 11) is 1.58. The van der Waals surface area contributed by atoms with Crippen molar-refractivity contribution in [3.05, 3.63) is 101 Å². The van der Waals surface area contributed by atoms with Gasteiger partial charge < -0.3 is 4.74 Å². The fourth-order valence-electron chi connectivity index (χ4n) is 3.14.